The molecule has 0 amide bonds. The fourth-order valence-corrected chi connectivity index (χ4v) is 4.08. The van der Waals surface area contributed by atoms with Crippen LogP contribution in [0.15, 0.2) is 70.4 Å². The summed E-state index contributed by atoms with van der Waals surface area (Å²) in [5.74, 6) is 0.187. The highest BCUT2D eigenvalue weighted by Gasteiger charge is 2.32. The Balaban J connectivity index is 1.36. The van der Waals surface area contributed by atoms with Crippen molar-refractivity contribution in [1.82, 2.24) is 9.13 Å². The van der Waals surface area contributed by atoms with E-state index in [1.807, 2.05) is 30.3 Å². The third kappa shape index (κ3) is 4.99. The Kier molecular flexibility index (Phi) is 6.85. The molecule has 6 nitrogen and oxygen atoms in total. The van der Waals surface area contributed by atoms with Crippen LogP contribution in [0.4, 0.5) is 4.39 Å². The number of methoxy groups -OCH3 is 1. The van der Waals surface area contributed by atoms with E-state index in [-0.39, 0.29) is 12.6 Å². The lowest BCUT2D eigenvalue weighted by Crippen LogP contribution is -2.45. The van der Waals surface area contributed by atoms with Crippen molar-refractivity contribution in [2.45, 2.75) is 38.5 Å². The predicted octanol–water partition coefficient (Wildman–Crippen LogP) is 3.76. The number of hydrogen-bond donors (Lipinski definition) is 0. The molecule has 3 aromatic rings. The van der Waals surface area contributed by atoms with Gasteiger partial charge in [0.1, 0.15) is 5.75 Å². The normalized spacial score (nSPS) is 17.7. The Morgan fingerprint density at radius 2 is 1.72 bits per heavy atom. The molecule has 0 bridgehead atoms. The van der Waals surface area contributed by atoms with Crippen molar-refractivity contribution in [3.63, 3.8) is 0 Å². The van der Waals surface area contributed by atoms with Crippen molar-refractivity contribution in [3.05, 3.63) is 98.6 Å². The van der Waals surface area contributed by atoms with Crippen LogP contribution in [0, 0.1) is 11.7 Å². The molecular weight excluding hydrogens is 411 g/mol. The fraction of sp³-hybridized carbons (Fsp3) is 0.360. The molecule has 0 saturated heterocycles. The van der Waals surface area contributed by atoms with Gasteiger partial charge in [0.25, 0.3) is 5.56 Å². The summed E-state index contributed by atoms with van der Waals surface area (Å²) in [7, 11) is 1.56. The number of benzene rings is 2. The average molecular weight is 438 g/mol. The summed E-state index contributed by atoms with van der Waals surface area (Å²) < 4.78 is 27.5. The van der Waals surface area contributed by atoms with E-state index in [9.17, 15) is 14.0 Å². The van der Waals surface area contributed by atoms with E-state index in [0.717, 1.165) is 41.2 Å². The first-order valence-corrected chi connectivity index (χ1v) is 10.8. The van der Waals surface area contributed by atoms with Crippen molar-refractivity contribution in [2.24, 2.45) is 5.92 Å². The number of rotatable bonds is 9. The Bertz CT molecular complexity index is 1150. The van der Waals surface area contributed by atoms with Gasteiger partial charge in [0.2, 0.25) is 5.82 Å². The maximum atomic E-state index is 14.3. The number of nitrogens with zero attached hydrogens (tertiary/aromatic N) is 2. The summed E-state index contributed by atoms with van der Waals surface area (Å²) in [6.45, 7) is 1.24. The van der Waals surface area contributed by atoms with E-state index in [1.54, 1.807) is 31.4 Å². The zero-order valence-corrected chi connectivity index (χ0v) is 18.1. The summed E-state index contributed by atoms with van der Waals surface area (Å²) >= 11 is 0. The van der Waals surface area contributed by atoms with Gasteiger partial charge in [0.05, 0.1) is 26.5 Å². The number of halogens is 1. The number of hydrogen-bond acceptors (Lipinski definition) is 4. The summed E-state index contributed by atoms with van der Waals surface area (Å²) in [5, 5.41) is 0. The van der Waals surface area contributed by atoms with Gasteiger partial charge in [-0.25, -0.2) is 4.79 Å². The largest absolute Gasteiger partial charge is 0.497 e. The minimum atomic E-state index is -0.909. The molecule has 2 aromatic carbocycles. The smallest absolute Gasteiger partial charge is 0.331 e. The highest BCUT2D eigenvalue weighted by Crippen LogP contribution is 2.39. The fourth-order valence-electron chi connectivity index (χ4n) is 4.08. The zero-order chi connectivity index (χ0) is 22.5. The van der Waals surface area contributed by atoms with Crippen molar-refractivity contribution in [1.29, 1.82) is 0 Å². The molecule has 32 heavy (non-hydrogen) atoms. The second-order valence-electron chi connectivity index (χ2n) is 8.22. The number of aromatic nitrogens is 2. The molecule has 0 unspecified atom stereocenters. The van der Waals surface area contributed by atoms with Gasteiger partial charge >= 0.3 is 5.69 Å². The highest BCUT2D eigenvalue weighted by molar-refractivity contribution is 5.27. The molecule has 0 spiro atoms. The van der Waals surface area contributed by atoms with Crippen LogP contribution in [-0.2, 0) is 17.9 Å². The van der Waals surface area contributed by atoms with Crippen LogP contribution in [-0.4, -0.2) is 22.9 Å². The SMILES string of the molecule is COc1ccc(Cn2c(=O)c(F)cn(C3CC(CCOCc4ccccc4)C3)c2=O)cc1. The second kappa shape index (κ2) is 9.96. The summed E-state index contributed by atoms with van der Waals surface area (Å²) in [6, 6.07) is 16.9. The third-order valence-corrected chi connectivity index (χ3v) is 6.04. The molecule has 1 fully saturated rings. The summed E-state index contributed by atoms with van der Waals surface area (Å²) in [6.07, 6.45) is 3.50. The second-order valence-corrected chi connectivity index (χ2v) is 8.22. The lowest BCUT2D eigenvalue weighted by atomic mass is 9.78. The quantitative estimate of drug-likeness (QED) is 0.477. The third-order valence-electron chi connectivity index (χ3n) is 6.04. The molecule has 1 heterocycles. The first-order valence-electron chi connectivity index (χ1n) is 10.8. The van der Waals surface area contributed by atoms with Gasteiger partial charge in [0.15, 0.2) is 0 Å². The van der Waals surface area contributed by atoms with Gasteiger partial charge in [-0.1, -0.05) is 42.5 Å². The maximum Gasteiger partial charge on any atom is 0.331 e. The lowest BCUT2D eigenvalue weighted by Gasteiger charge is -2.36. The van der Waals surface area contributed by atoms with Gasteiger partial charge in [-0.05, 0) is 48.4 Å². The van der Waals surface area contributed by atoms with Crippen LogP contribution in [0.3, 0.4) is 0 Å². The molecular formula is C25H27FN2O4. The van der Waals surface area contributed by atoms with Gasteiger partial charge in [-0.2, -0.15) is 4.39 Å². The topological polar surface area (TPSA) is 62.5 Å². The zero-order valence-electron chi connectivity index (χ0n) is 18.1. The number of ether oxygens (including phenoxy) is 2. The molecule has 1 aromatic heterocycles. The minimum absolute atomic E-state index is 0.0168. The van der Waals surface area contributed by atoms with Crippen LogP contribution < -0.4 is 16.0 Å². The summed E-state index contributed by atoms with van der Waals surface area (Å²) in [5.41, 5.74) is 0.493. The van der Waals surface area contributed by atoms with Crippen LogP contribution in [0.5, 0.6) is 5.75 Å². The molecule has 0 aliphatic heterocycles. The van der Waals surface area contributed by atoms with Crippen molar-refractivity contribution in [2.75, 3.05) is 13.7 Å². The molecule has 0 radical (unpaired) electrons. The maximum absolute atomic E-state index is 14.3. The molecule has 168 valence electrons. The Morgan fingerprint density at radius 1 is 1.00 bits per heavy atom. The van der Waals surface area contributed by atoms with Crippen molar-refractivity contribution < 1.29 is 13.9 Å². The van der Waals surface area contributed by atoms with Gasteiger partial charge < -0.3 is 9.47 Å². The van der Waals surface area contributed by atoms with E-state index in [2.05, 4.69) is 0 Å². The van der Waals surface area contributed by atoms with E-state index >= 15 is 0 Å². The molecule has 4 rings (SSSR count). The van der Waals surface area contributed by atoms with E-state index in [1.165, 1.54) is 4.57 Å². The van der Waals surface area contributed by atoms with Crippen molar-refractivity contribution >= 4 is 0 Å². The molecule has 0 atom stereocenters. The minimum Gasteiger partial charge on any atom is -0.497 e. The molecule has 7 heteroatoms. The van der Waals surface area contributed by atoms with Crippen LogP contribution in [0.2, 0.25) is 0 Å². The average Bonchev–Trinajstić information content (AvgIpc) is 2.79. The van der Waals surface area contributed by atoms with Crippen LogP contribution in [0.1, 0.15) is 36.4 Å². The molecule has 0 N–H and O–H groups in total. The van der Waals surface area contributed by atoms with Gasteiger partial charge in [-0.3, -0.25) is 13.9 Å². The molecule has 1 saturated carbocycles. The molecule has 1 aliphatic carbocycles. The van der Waals surface area contributed by atoms with E-state index < -0.39 is 17.1 Å². The van der Waals surface area contributed by atoms with Gasteiger partial charge in [-0.15, -0.1) is 0 Å². The van der Waals surface area contributed by atoms with Crippen LogP contribution in [0.25, 0.3) is 0 Å². The standard InChI is InChI=1S/C25H27FN2O4/c1-31-22-9-7-18(8-10-22)15-28-24(29)23(26)16-27(25(28)30)21-13-20(14-21)11-12-32-17-19-5-3-2-4-6-19/h2-10,16,20-21H,11-15,17H2,1H3. The monoisotopic (exact) mass is 438 g/mol. The molecule has 1 aliphatic rings. The highest BCUT2D eigenvalue weighted by atomic mass is 19.1. The van der Waals surface area contributed by atoms with E-state index in [0.29, 0.717) is 24.9 Å². The Morgan fingerprint density at radius 3 is 2.41 bits per heavy atom. The first-order chi connectivity index (χ1) is 15.5. The van der Waals surface area contributed by atoms with Crippen LogP contribution >= 0.6 is 0 Å². The predicted molar refractivity (Wildman–Crippen MR) is 119 cm³/mol. The Labute approximate surface area is 185 Å². The lowest BCUT2D eigenvalue weighted by molar-refractivity contribution is 0.0790. The van der Waals surface area contributed by atoms with E-state index in [4.69, 9.17) is 9.47 Å². The van der Waals surface area contributed by atoms with Gasteiger partial charge in [0, 0.05) is 12.6 Å². The Hall–Kier alpha value is -3.19. The van der Waals surface area contributed by atoms with Crippen molar-refractivity contribution in [3.8, 4) is 5.75 Å². The summed E-state index contributed by atoms with van der Waals surface area (Å²) in [4.78, 5) is 25.2. The first kappa shape index (κ1) is 22.0.